The highest BCUT2D eigenvalue weighted by Gasteiger charge is 2.06. The Labute approximate surface area is 87.7 Å². The quantitative estimate of drug-likeness (QED) is 0.466. The van der Waals surface area contributed by atoms with E-state index in [2.05, 4.69) is 6.58 Å². The highest BCUT2D eigenvalue weighted by Crippen LogP contribution is 2.30. The van der Waals surface area contributed by atoms with Crippen LogP contribution in [0.15, 0.2) is 30.9 Å². The van der Waals surface area contributed by atoms with Gasteiger partial charge in [0.15, 0.2) is 11.5 Å². The lowest BCUT2D eigenvalue weighted by Gasteiger charge is -2.07. The second kappa shape index (κ2) is 5.05. The lowest BCUT2D eigenvalue weighted by molar-refractivity contribution is -0.128. The van der Waals surface area contributed by atoms with Crippen molar-refractivity contribution in [1.82, 2.24) is 0 Å². The number of phenols is 1. The molecule has 1 rings (SSSR count). The lowest BCUT2D eigenvalue weighted by atomic mass is 10.3. The van der Waals surface area contributed by atoms with Gasteiger partial charge in [0.25, 0.3) is 0 Å². The van der Waals surface area contributed by atoms with Crippen LogP contribution in [0.1, 0.15) is 6.92 Å². The van der Waals surface area contributed by atoms with E-state index in [1.54, 1.807) is 6.92 Å². The van der Waals surface area contributed by atoms with Gasteiger partial charge in [-0.15, -0.1) is 0 Å². The molecule has 0 aliphatic rings. The van der Waals surface area contributed by atoms with Crippen LogP contribution in [-0.2, 0) is 4.79 Å². The van der Waals surface area contributed by atoms with Crippen molar-refractivity contribution in [3.05, 3.63) is 30.9 Å². The Bertz CT molecular complexity index is 371. The Morgan fingerprint density at radius 3 is 2.93 bits per heavy atom. The molecule has 0 saturated heterocycles. The molecule has 80 valence electrons. The third-order valence-electron chi connectivity index (χ3n) is 1.62. The van der Waals surface area contributed by atoms with Crippen LogP contribution in [0.4, 0.5) is 0 Å². The van der Waals surface area contributed by atoms with Gasteiger partial charge in [0.2, 0.25) is 0 Å². The van der Waals surface area contributed by atoms with Gasteiger partial charge in [-0.25, -0.2) is 4.79 Å². The number of carbonyl (C=O) groups is 1. The standard InChI is InChI=1S/C11H12O4/c1-3-11(13)15-8-5-6-9(12)10(7-8)14-4-2/h3,5-7,12H,1,4H2,2H3. The van der Waals surface area contributed by atoms with Gasteiger partial charge in [0.1, 0.15) is 5.75 Å². The minimum atomic E-state index is -0.553. The van der Waals surface area contributed by atoms with Crippen molar-refractivity contribution < 1.29 is 19.4 Å². The highest BCUT2D eigenvalue weighted by atomic mass is 16.5. The molecule has 0 radical (unpaired) electrons. The van der Waals surface area contributed by atoms with Crippen LogP contribution < -0.4 is 9.47 Å². The monoisotopic (exact) mass is 208 g/mol. The first kappa shape index (κ1) is 11.1. The molecule has 0 saturated carbocycles. The Morgan fingerprint density at radius 1 is 1.60 bits per heavy atom. The number of esters is 1. The maximum Gasteiger partial charge on any atom is 0.335 e. The molecule has 0 aromatic heterocycles. The first-order chi connectivity index (χ1) is 7.17. The SMILES string of the molecule is C=CC(=O)Oc1ccc(O)c(OCC)c1. The summed E-state index contributed by atoms with van der Waals surface area (Å²) in [5.74, 6) is 0.0476. The molecule has 1 aromatic rings. The number of carbonyl (C=O) groups excluding carboxylic acids is 1. The molecular weight excluding hydrogens is 196 g/mol. The van der Waals surface area contributed by atoms with Crippen molar-refractivity contribution in [2.75, 3.05) is 6.61 Å². The molecule has 0 atom stereocenters. The maximum atomic E-state index is 10.9. The molecule has 0 unspecified atom stereocenters. The van der Waals surface area contributed by atoms with E-state index >= 15 is 0 Å². The molecule has 4 heteroatoms. The molecular formula is C11H12O4. The fourth-order valence-corrected chi connectivity index (χ4v) is 0.987. The number of phenolic OH excluding ortho intramolecular Hbond substituents is 1. The average molecular weight is 208 g/mol. The number of hydrogen-bond donors (Lipinski definition) is 1. The van der Waals surface area contributed by atoms with Crippen molar-refractivity contribution >= 4 is 5.97 Å². The average Bonchev–Trinajstić information content (AvgIpc) is 2.23. The number of benzene rings is 1. The Hall–Kier alpha value is -1.97. The smallest absolute Gasteiger partial charge is 0.335 e. The van der Waals surface area contributed by atoms with E-state index in [1.807, 2.05) is 0 Å². The first-order valence-corrected chi connectivity index (χ1v) is 4.47. The summed E-state index contributed by atoms with van der Waals surface area (Å²) in [6.07, 6.45) is 1.06. The van der Waals surface area contributed by atoms with Gasteiger partial charge in [0, 0.05) is 12.1 Å². The van der Waals surface area contributed by atoms with E-state index in [0.717, 1.165) is 6.08 Å². The third kappa shape index (κ3) is 3.02. The highest BCUT2D eigenvalue weighted by molar-refractivity contribution is 5.83. The van der Waals surface area contributed by atoms with Crippen LogP contribution in [0, 0.1) is 0 Å². The summed E-state index contributed by atoms with van der Waals surface area (Å²) in [4.78, 5) is 10.9. The van der Waals surface area contributed by atoms with Crippen molar-refractivity contribution in [2.45, 2.75) is 6.92 Å². The first-order valence-electron chi connectivity index (χ1n) is 4.47. The molecule has 0 spiro atoms. The molecule has 0 aliphatic heterocycles. The van der Waals surface area contributed by atoms with E-state index in [0.29, 0.717) is 12.4 Å². The van der Waals surface area contributed by atoms with Gasteiger partial charge in [-0.05, 0) is 19.1 Å². The second-order valence-corrected chi connectivity index (χ2v) is 2.69. The van der Waals surface area contributed by atoms with Crippen molar-refractivity contribution in [3.63, 3.8) is 0 Å². The van der Waals surface area contributed by atoms with Crippen LogP contribution in [0.3, 0.4) is 0 Å². The molecule has 0 aliphatic carbocycles. The van der Waals surface area contributed by atoms with Gasteiger partial charge < -0.3 is 14.6 Å². The van der Waals surface area contributed by atoms with Gasteiger partial charge >= 0.3 is 5.97 Å². The van der Waals surface area contributed by atoms with E-state index in [9.17, 15) is 9.90 Å². The Balaban J connectivity index is 2.86. The fourth-order valence-electron chi connectivity index (χ4n) is 0.987. The molecule has 0 fully saturated rings. The van der Waals surface area contributed by atoms with Crippen molar-refractivity contribution in [3.8, 4) is 17.2 Å². The van der Waals surface area contributed by atoms with Gasteiger partial charge in [-0.2, -0.15) is 0 Å². The van der Waals surface area contributed by atoms with Gasteiger partial charge in [-0.1, -0.05) is 6.58 Å². The number of aromatic hydroxyl groups is 1. The summed E-state index contributed by atoms with van der Waals surface area (Å²) in [6.45, 7) is 5.49. The summed E-state index contributed by atoms with van der Waals surface area (Å²) in [5, 5.41) is 9.37. The molecule has 0 heterocycles. The summed E-state index contributed by atoms with van der Waals surface area (Å²) < 4.78 is 9.98. The Kier molecular flexibility index (Phi) is 3.74. The van der Waals surface area contributed by atoms with Crippen LogP contribution in [-0.4, -0.2) is 17.7 Å². The second-order valence-electron chi connectivity index (χ2n) is 2.69. The predicted octanol–water partition coefficient (Wildman–Crippen LogP) is 1.88. The molecule has 0 amide bonds. The summed E-state index contributed by atoms with van der Waals surface area (Å²) >= 11 is 0. The van der Waals surface area contributed by atoms with Crippen molar-refractivity contribution in [1.29, 1.82) is 0 Å². The molecule has 1 aromatic carbocycles. The van der Waals surface area contributed by atoms with Gasteiger partial charge in [0.05, 0.1) is 6.61 Å². The largest absolute Gasteiger partial charge is 0.504 e. The molecule has 4 nitrogen and oxygen atoms in total. The minimum Gasteiger partial charge on any atom is -0.504 e. The summed E-state index contributed by atoms with van der Waals surface area (Å²) in [5.41, 5.74) is 0. The number of hydrogen-bond acceptors (Lipinski definition) is 4. The van der Waals surface area contributed by atoms with E-state index in [1.165, 1.54) is 18.2 Å². The molecule has 15 heavy (non-hydrogen) atoms. The van der Waals surface area contributed by atoms with Crippen LogP contribution in [0.2, 0.25) is 0 Å². The number of ether oxygens (including phenoxy) is 2. The lowest BCUT2D eigenvalue weighted by Crippen LogP contribution is -2.03. The van der Waals surface area contributed by atoms with Gasteiger partial charge in [-0.3, -0.25) is 0 Å². The topological polar surface area (TPSA) is 55.8 Å². The molecule has 0 bridgehead atoms. The zero-order chi connectivity index (χ0) is 11.3. The van der Waals surface area contributed by atoms with E-state index in [-0.39, 0.29) is 11.5 Å². The fraction of sp³-hybridized carbons (Fsp3) is 0.182. The normalized spacial score (nSPS) is 9.40. The minimum absolute atomic E-state index is 0.00949. The van der Waals surface area contributed by atoms with E-state index < -0.39 is 5.97 Å². The zero-order valence-corrected chi connectivity index (χ0v) is 8.40. The Morgan fingerprint density at radius 2 is 2.33 bits per heavy atom. The maximum absolute atomic E-state index is 10.9. The zero-order valence-electron chi connectivity index (χ0n) is 8.40. The number of rotatable bonds is 4. The van der Waals surface area contributed by atoms with Crippen LogP contribution in [0.25, 0.3) is 0 Å². The van der Waals surface area contributed by atoms with Crippen LogP contribution in [0.5, 0.6) is 17.2 Å². The van der Waals surface area contributed by atoms with Crippen molar-refractivity contribution in [2.24, 2.45) is 0 Å². The van der Waals surface area contributed by atoms with E-state index in [4.69, 9.17) is 9.47 Å². The summed E-state index contributed by atoms with van der Waals surface area (Å²) in [6, 6.07) is 4.32. The predicted molar refractivity (Wildman–Crippen MR) is 55.1 cm³/mol. The molecule has 1 N–H and O–H groups in total. The third-order valence-corrected chi connectivity index (χ3v) is 1.62. The van der Waals surface area contributed by atoms with Crippen LogP contribution >= 0.6 is 0 Å². The summed E-state index contributed by atoms with van der Waals surface area (Å²) in [7, 11) is 0.